The minimum atomic E-state index is -0.631. The van der Waals surface area contributed by atoms with E-state index in [-0.39, 0.29) is 22.6 Å². The zero-order valence-corrected chi connectivity index (χ0v) is 18.6. The highest BCUT2D eigenvalue weighted by Gasteiger charge is 2.39. The number of unbranched alkanes of at least 4 members (excludes halogenated alkanes) is 1. The predicted octanol–water partition coefficient (Wildman–Crippen LogP) is 3.68. The van der Waals surface area contributed by atoms with Crippen LogP contribution in [0.3, 0.4) is 0 Å². The van der Waals surface area contributed by atoms with Gasteiger partial charge in [-0.25, -0.2) is 4.98 Å². The van der Waals surface area contributed by atoms with Crippen molar-refractivity contribution in [2.75, 3.05) is 13.7 Å². The average Bonchev–Trinajstić information content (AvgIpc) is 2.67. The van der Waals surface area contributed by atoms with Crippen molar-refractivity contribution in [2.24, 2.45) is 5.41 Å². The van der Waals surface area contributed by atoms with Crippen molar-refractivity contribution in [3.8, 4) is 22.9 Å². The summed E-state index contributed by atoms with van der Waals surface area (Å²) >= 11 is 0. The number of pyridine rings is 2. The van der Waals surface area contributed by atoms with E-state index >= 15 is 0 Å². The van der Waals surface area contributed by atoms with Crippen LogP contribution in [0.1, 0.15) is 73.6 Å². The molecular formula is C23H31N3O4. The number of rotatable bonds is 5. The van der Waals surface area contributed by atoms with Crippen molar-refractivity contribution >= 4 is 5.91 Å². The second kappa shape index (κ2) is 8.13. The normalized spacial score (nSPS) is 15.3. The molecule has 0 saturated carbocycles. The van der Waals surface area contributed by atoms with E-state index in [1.807, 2.05) is 13.0 Å². The molecule has 3 N–H and O–H groups in total. The molecule has 0 radical (unpaired) electrons. The van der Waals surface area contributed by atoms with Gasteiger partial charge >= 0.3 is 0 Å². The molecule has 1 atom stereocenters. The molecule has 1 unspecified atom stereocenters. The number of aryl methyl sites for hydroxylation is 1. The molecule has 3 rings (SSSR count). The van der Waals surface area contributed by atoms with E-state index in [1.54, 1.807) is 0 Å². The Kier molecular flexibility index (Phi) is 5.92. The number of nitrogens with zero attached hydrogens (tertiary/aromatic N) is 1. The first-order valence-electron chi connectivity index (χ1n) is 10.4. The Morgan fingerprint density at radius 2 is 2.10 bits per heavy atom. The summed E-state index contributed by atoms with van der Waals surface area (Å²) in [4.78, 5) is 32.5. The third-order valence-corrected chi connectivity index (χ3v) is 5.74. The summed E-state index contributed by atoms with van der Waals surface area (Å²) in [5.41, 5.74) is 2.24. The zero-order chi connectivity index (χ0) is 22.2. The molecule has 0 saturated heterocycles. The Balaban J connectivity index is 2.24. The van der Waals surface area contributed by atoms with Gasteiger partial charge in [0, 0.05) is 12.6 Å². The number of aromatic nitrogens is 2. The maximum atomic E-state index is 12.7. The second-order valence-electron chi connectivity index (χ2n) is 8.95. The first-order chi connectivity index (χ1) is 14.1. The summed E-state index contributed by atoms with van der Waals surface area (Å²) < 4.78 is 5.93. The van der Waals surface area contributed by atoms with Crippen molar-refractivity contribution in [3.05, 3.63) is 38.8 Å². The smallest absolute Gasteiger partial charge is 0.265 e. The van der Waals surface area contributed by atoms with Crippen LogP contribution in [-0.4, -0.2) is 34.6 Å². The Hall–Kier alpha value is -2.83. The minimum Gasteiger partial charge on any atom is -0.507 e. The van der Waals surface area contributed by atoms with Gasteiger partial charge in [-0.1, -0.05) is 34.1 Å². The van der Waals surface area contributed by atoms with Gasteiger partial charge in [0.2, 0.25) is 0 Å². The number of aromatic hydroxyl groups is 1. The van der Waals surface area contributed by atoms with Crippen molar-refractivity contribution in [1.82, 2.24) is 15.3 Å². The van der Waals surface area contributed by atoms with Crippen LogP contribution in [0, 0.1) is 12.3 Å². The van der Waals surface area contributed by atoms with Crippen LogP contribution >= 0.6 is 0 Å². The van der Waals surface area contributed by atoms with Gasteiger partial charge in [-0.15, -0.1) is 0 Å². The largest absolute Gasteiger partial charge is 0.507 e. The first kappa shape index (κ1) is 21.9. The highest BCUT2D eigenvalue weighted by atomic mass is 16.5. The molecule has 0 aromatic carbocycles. The molecule has 0 bridgehead atoms. The Bertz CT molecular complexity index is 1030. The van der Waals surface area contributed by atoms with Crippen molar-refractivity contribution in [3.63, 3.8) is 0 Å². The fraction of sp³-hybridized carbons (Fsp3) is 0.522. The van der Waals surface area contributed by atoms with E-state index in [1.165, 1.54) is 7.05 Å². The van der Waals surface area contributed by atoms with Gasteiger partial charge in [0.25, 0.3) is 11.5 Å². The standard InChI is InChI=1S/C23H31N3O4/c1-7-8-9-30-15-11-13-10-14(23(3,4)5)16-19(18(13)25-12(15)2)26-22(29)17(20(16)27)21(28)24-6/h11,14H,7-10H2,1-6H3,(H,24,28)(H2,26,27,29). The van der Waals surface area contributed by atoms with Gasteiger partial charge < -0.3 is 20.1 Å². The SMILES string of the molecule is CCCCOc1cc2c(nc1C)-c1[nH]c(=O)c(C(=O)NC)c(O)c1C(C(C)(C)C)C2. The molecule has 2 heterocycles. The lowest BCUT2D eigenvalue weighted by Crippen LogP contribution is -2.32. The summed E-state index contributed by atoms with van der Waals surface area (Å²) in [5.74, 6) is -0.250. The number of hydrogen-bond acceptors (Lipinski definition) is 5. The number of fused-ring (bicyclic) bond motifs is 3. The molecule has 1 aliphatic rings. The van der Waals surface area contributed by atoms with Crippen LogP contribution in [0.4, 0.5) is 0 Å². The van der Waals surface area contributed by atoms with Crippen LogP contribution in [0.5, 0.6) is 11.5 Å². The number of nitrogens with one attached hydrogen (secondary N) is 2. The highest BCUT2D eigenvalue weighted by molar-refractivity contribution is 5.97. The van der Waals surface area contributed by atoms with Gasteiger partial charge in [-0.05, 0) is 42.7 Å². The number of aromatic amines is 1. The van der Waals surface area contributed by atoms with Crippen LogP contribution in [0.15, 0.2) is 10.9 Å². The molecule has 0 fully saturated rings. The lowest BCUT2D eigenvalue weighted by atomic mass is 9.69. The number of carbonyl (C=O) groups excluding carboxylic acids is 1. The van der Waals surface area contributed by atoms with Crippen LogP contribution in [0.25, 0.3) is 11.4 Å². The summed E-state index contributed by atoms with van der Waals surface area (Å²) in [7, 11) is 1.43. The Morgan fingerprint density at radius 1 is 1.40 bits per heavy atom. The number of amides is 1. The summed E-state index contributed by atoms with van der Waals surface area (Å²) in [6.07, 6.45) is 2.63. The average molecular weight is 414 g/mol. The molecule has 0 aliphatic heterocycles. The van der Waals surface area contributed by atoms with Crippen molar-refractivity contribution in [1.29, 1.82) is 0 Å². The molecule has 1 aliphatic carbocycles. The van der Waals surface area contributed by atoms with Gasteiger partial charge in [0.15, 0.2) is 0 Å². The molecule has 0 spiro atoms. The molecule has 1 amide bonds. The van der Waals surface area contributed by atoms with Crippen LogP contribution < -0.4 is 15.6 Å². The van der Waals surface area contributed by atoms with E-state index in [4.69, 9.17) is 9.72 Å². The van der Waals surface area contributed by atoms with Gasteiger partial charge in [-0.2, -0.15) is 0 Å². The number of H-pyrrole nitrogens is 1. The van der Waals surface area contributed by atoms with Crippen molar-refractivity contribution in [2.45, 2.75) is 59.8 Å². The first-order valence-corrected chi connectivity index (χ1v) is 10.4. The topological polar surface area (TPSA) is 104 Å². The molecule has 7 nitrogen and oxygen atoms in total. The highest BCUT2D eigenvalue weighted by Crippen LogP contribution is 2.50. The van der Waals surface area contributed by atoms with Crippen LogP contribution in [-0.2, 0) is 6.42 Å². The third-order valence-electron chi connectivity index (χ3n) is 5.74. The molecular weight excluding hydrogens is 382 g/mol. The number of ether oxygens (including phenoxy) is 1. The Morgan fingerprint density at radius 3 is 2.70 bits per heavy atom. The fourth-order valence-electron chi connectivity index (χ4n) is 4.00. The predicted molar refractivity (Wildman–Crippen MR) is 116 cm³/mol. The molecule has 2 aromatic heterocycles. The van der Waals surface area contributed by atoms with Gasteiger partial charge in [-0.3, -0.25) is 9.59 Å². The minimum absolute atomic E-state index is 0.117. The maximum absolute atomic E-state index is 12.7. The van der Waals surface area contributed by atoms with E-state index < -0.39 is 11.5 Å². The summed E-state index contributed by atoms with van der Waals surface area (Å²) in [5, 5.41) is 13.4. The van der Waals surface area contributed by atoms with E-state index in [0.717, 1.165) is 29.8 Å². The monoisotopic (exact) mass is 413 g/mol. The summed E-state index contributed by atoms with van der Waals surface area (Å²) in [6, 6.07) is 2.00. The van der Waals surface area contributed by atoms with E-state index in [9.17, 15) is 14.7 Å². The lowest BCUT2D eigenvalue weighted by Gasteiger charge is -2.37. The van der Waals surface area contributed by atoms with E-state index in [2.05, 4.69) is 38.0 Å². The van der Waals surface area contributed by atoms with Gasteiger partial charge in [0.1, 0.15) is 17.1 Å². The zero-order valence-electron chi connectivity index (χ0n) is 18.6. The molecule has 7 heteroatoms. The maximum Gasteiger partial charge on any atom is 0.265 e. The van der Waals surface area contributed by atoms with Crippen molar-refractivity contribution < 1.29 is 14.6 Å². The molecule has 2 aromatic rings. The second-order valence-corrected chi connectivity index (χ2v) is 8.95. The van der Waals surface area contributed by atoms with E-state index in [0.29, 0.717) is 30.0 Å². The Labute approximate surface area is 176 Å². The lowest BCUT2D eigenvalue weighted by molar-refractivity contribution is 0.0958. The summed E-state index contributed by atoms with van der Waals surface area (Å²) in [6.45, 7) is 10.9. The third kappa shape index (κ3) is 3.80. The number of carbonyl (C=O) groups is 1. The quantitative estimate of drug-likeness (QED) is 0.649. The molecule has 30 heavy (non-hydrogen) atoms. The molecule has 162 valence electrons. The van der Waals surface area contributed by atoms with Crippen LogP contribution in [0.2, 0.25) is 0 Å². The fourth-order valence-corrected chi connectivity index (χ4v) is 4.00. The van der Waals surface area contributed by atoms with Gasteiger partial charge in [0.05, 0.1) is 23.7 Å². The number of hydrogen-bond donors (Lipinski definition) is 3.